The molecule has 8 heteroatoms. The number of thioether (sulfide) groups is 1. The van der Waals surface area contributed by atoms with Gasteiger partial charge in [0.05, 0.1) is 17.1 Å². The molecule has 32 heavy (non-hydrogen) atoms. The molecule has 0 N–H and O–H groups in total. The van der Waals surface area contributed by atoms with E-state index in [1.54, 1.807) is 13.0 Å². The molecule has 0 aliphatic carbocycles. The minimum absolute atomic E-state index is 0.135. The first-order chi connectivity index (χ1) is 15.0. The van der Waals surface area contributed by atoms with Gasteiger partial charge in [-0.05, 0) is 82.1 Å². The van der Waals surface area contributed by atoms with Gasteiger partial charge in [0.2, 0.25) is 0 Å². The van der Waals surface area contributed by atoms with Crippen molar-refractivity contribution in [2.75, 3.05) is 18.1 Å². The quantitative estimate of drug-likeness (QED) is 0.385. The summed E-state index contributed by atoms with van der Waals surface area (Å²) in [7, 11) is 0. The Labute approximate surface area is 198 Å². The zero-order chi connectivity index (χ0) is 23.8. The Hall–Kier alpha value is -2.25. The Kier molecular flexibility index (Phi) is 7.10. The number of hydrogen-bond acceptors (Lipinski definition) is 6. The number of hydrogen-bond donors (Lipinski definition) is 0. The van der Waals surface area contributed by atoms with E-state index in [2.05, 4.69) is 38.7 Å². The van der Waals surface area contributed by atoms with E-state index in [9.17, 15) is 14.4 Å². The van der Waals surface area contributed by atoms with Crippen molar-refractivity contribution in [1.82, 2.24) is 4.90 Å². The van der Waals surface area contributed by atoms with Crippen LogP contribution in [0, 0.1) is 0 Å². The van der Waals surface area contributed by atoms with Crippen LogP contribution in [0.3, 0.4) is 0 Å². The van der Waals surface area contributed by atoms with Gasteiger partial charge in [0.25, 0.3) is 11.1 Å². The van der Waals surface area contributed by atoms with Crippen LogP contribution in [-0.2, 0) is 14.3 Å². The van der Waals surface area contributed by atoms with Gasteiger partial charge >= 0.3 is 5.97 Å². The SMILES string of the molecule is CCCN1c2cc(Cl)c(/C=C3\SC(=O)N(C(C)C(=O)OCC)C3=O)cc2C(C)=CC1(C)C. The van der Waals surface area contributed by atoms with Crippen LogP contribution in [0.4, 0.5) is 10.5 Å². The molecule has 172 valence electrons. The van der Waals surface area contributed by atoms with E-state index in [4.69, 9.17) is 16.3 Å². The topological polar surface area (TPSA) is 66.9 Å². The Balaban J connectivity index is 1.99. The Morgan fingerprint density at radius 1 is 1.28 bits per heavy atom. The number of fused-ring (bicyclic) bond motifs is 1. The summed E-state index contributed by atoms with van der Waals surface area (Å²) in [6.07, 6.45) is 4.86. The molecule has 0 aromatic heterocycles. The second kappa shape index (κ2) is 9.32. The molecule has 2 heterocycles. The molecule has 0 radical (unpaired) electrons. The van der Waals surface area contributed by atoms with E-state index >= 15 is 0 Å². The summed E-state index contributed by atoms with van der Waals surface area (Å²) in [4.78, 5) is 40.9. The van der Waals surface area contributed by atoms with E-state index in [0.29, 0.717) is 10.6 Å². The van der Waals surface area contributed by atoms with E-state index in [1.165, 1.54) is 6.92 Å². The lowest BCUT2D eigenvalue weighted by atomic mass is 9.87. The Morgan fingerprint density at radius 2 is 1.97 bits per heavy atom. The second-order valence-electron chi connectivity index (χ2n) is 8.50. The van der Waals surface area contributed by atoms with Gasteiger partial charge in [-0.1, -0.05) is 24.6 Å². The molecular weight excluding hydrogens is 448 g/mol. The number of carbonyl (C=O) groups excluding carboxylic acids is 3. The molecule has 6 nitrogen and oxygen atoms in total. The fourth-order valence-corrected chi connectivity index (χ4v) is 5.29. The highest BCUT2D eigenvalue weighted by Crippen LogP contribution is 2.43. The Bertz CT molecular complexity index is 1030. The van der Waals surface area contributed by atoms with Crippen LogP contribution in [0.2, 0.25) is 5.02 Å². The minimum Gasteiger partial charge on any atom is -0.464 e. The number of anilines is 1. The van der Waals surface area contributed by atoms with Crippen molar-refractivity contribution in [1.29, 1.82) is 0 Å². The van der Waals surface area contributed by atoms with E-state index in [1.807, 2.05) is 12.1 Å². The van der Waals surface area contributed by atoms with Crippen LogP contribution in [0.25, 0.3) is 11.6 Å². The molecule has 0 saturated carbocycles. The highest BCUT2D eigenvalue weighted by atomic mass is 35.5. The lowest BCUT2D eigenvalue weighted by Crippen LogP contribution is -2.45. The van der Waals surface area contributed by atoms with Gasteiger partial charge in [0, 0.05) is 22.8 Å². The summed E-state index contributed by atoms with van der Waals surface area (Å²) < 4.78 is 4.96. The number of nitrogens with zero attached hydrogens (tertiary/aromatic N) is 2. The number of allylic oxidation sites excluding steroid dienone is 1. The molecule has 2 aliphatic rings. The van der Waals surface area contributed by atoms with E-state index < -0.39 is 23.2 Å². The number of esters is 1. The summed E-state index contributed by atoms with van der Waals surface area (Å²) in [6, 6.07) is 2.91. The number of rotatable bonds is 6. The molecule has 1 atom stereocenters. The standard InChI is InChI=1S/C24H29ClN2O4S/c1-7-9-26-19-12-18(25)16(10-17(19)14(3)13-24(26,5)6)11-20-21(28)27(23(30)32-20)15(4)22(29)31-8-2/h10-13,15H,7-9H2,1-6H3/b20-11-. The predicted molar refractivity (Wildman–Crippen MR) is 131 cm³/mol. The monoisotopic (exact) mass is 476 g/mol. The van der Waals surface area contributed by atoms with Crippen molar-refractivity contribution < 1.29 is 19.1 Å². The van der Waals surface area contributed by atoms with Crippen LogP contribution >= 0.6 is 23.4 Å². The number of amides is 2. The predicted octanol–water partition coefficient (Wildman–Crippen LogP) is 5.74. The summed E-state index contributed by atoms with van der Waals surface area (Å²) in [5.41, 5.74) is 3.76. The van der Waals surface area contributed by atoms with Gasteiger partial charge in [0.15, 0.2) is 0 Å². The first-order valence-electron chi connectivity index (χ1n) is 10.8. The maximum atomic E-state index is 12.9. The highest BCUT2D eigenvalue weighted by molar-refractivity contribution is 8.18. The first kappa shape index (κ1) is 24.4. The van der Waals surface area contributed by atoms with Crippen molar-refractivity contribution in [2.24, 2.45) is 0 Å². The van der Waals surface area contributed by atoms with Gasteiger partial charge < -0.3 is 9.64 Å². The van der Waals surface area contributed by atoms with Crippen molar-refractivity contribution in [3.8, 4) is 0 Å². The molecule has 1 aromatic carbocycles. The summed E-state index contributed by atoms with van der Waals surface area (Å²) in [5, 5.41) is 0.00317. The molecule has 1 fully saturated rings. The minimum atomic E-state index is -0.984. The number of benzene rings is 1. The average Bonchev–Trinajstić information content (AvgIpc) is 2.98. The van der Waals surface area contributed by atoms with Crippen molar-refractivity contribution in [3.05, 3.63) is 39.3 Å². The van der Waals surface area contributed by atoms with Crippen LogP contribution in [0.5, 0.6) is 0 Å². The molecule has 1 aromatic rings. The zero-order valence-electron chi connectivity index (χ0n) is 19.3. The number of halogens is 1. The first-order valence-corrected chi connectivity index (χ1v) is 12.0. The molecule has 2 amide bonds. The smallest absolute Gasteiger partial charge is 0.329 e. The van der Waals surface area contributed by atoms with Gasteiger partial charge in [-0.15, -0.1) is 0 Å². The normalized spacial score (nSPS) is 19.8. The van der Waals surface area contributed by atoms with Crippen LogP contribution in [0.1, 0.15) is 59.1 Å². The molecular formula is C24H29ClN2O4S. The highest BCUT2D eigenvalue weighted by Gasteiger charge is 2.41. The molecule has 0 spiro atoms. The lowest BCUT2D eigenvalue weighted by molar-refractivity contribution is -0.150. The fraction of sp³-hybridized carbons (Fsp3) is 0.458. The molecule has 2 aliphatic heterocycles. The zero-order valence-corrected chi connectivity index (χ0v) is 20.9. The van der Waals surface area contributed by atoms with Gasteiger partial charge in [-0.25, -0.2) is 4.79 Å². The fourth-order valence-electron chi connectivity index (χ4n) is 4.18. The summed E-state index contributed by atoms with van der Waals surface area (Å²) >= 11 is 7.44. The van der Waals surface area contributed by atoms with E-state index in [0.717, 1.165) is 46.5 Å². The third-order valence-corrected chi connectivity index (χ3v) is 6.88. The van der Waals surface area contributed by atoms with Crippen LogP contribution in [0.15, 0.2) is 23.1 Å². The van der Waals surface area contributed by atoms with Gasteiger partial charge in [-0.2, -0.15) is 0 Å². The Morgan fingerprint density at radius 3 is 2.59 bits per heavy atom. The molecule has 0 bridgehead atoms. The van der Waals surface area contributed by atoms with Gasteiger partial charge in [-0.3, -0.25) is 14.5 Å². The van der Waals surface area contributed by atoms with Crippen molar-refractivity contribution >= 4 is 57.8 Å². The van der Waals surface area contributed by atoms with Crippen molar-refractivity contribution in [2.45, 2.75) is 59.5 Å². The summed E-state index contributed by atoms with van der Waals surface area (Å²) in [5.74, 6) is -1.13. The largest absolute Gasteiger partial charge is 0.464 e. The number of imide groups is 1. The van der Waals surface area contributed by atoms with Crippen LogP contribution in [-0.4, -0.2) is 46.7 Å². The third kappa shape index (κ3) is 4.46. The maximum absolute atomic E-state index is 12.9. The average molecular weight is 477 g/mol. The van der Waals surface area contributed by atoms with E-state index in [-0.39, 0.29) is 17.1 Å². The van der Waals surface area contributed by atoms with Crippen molar-refractivity contribution in [3.63, 3.8) is 0 Å². The van der Waals surface area contributed by atoms with Gasteiger partial charge in [0.1, 0.15) is 6.04 Å². The number of ether oxygens (including phenoxy) is 1. The maximum Gasteiger partial charge on any atom is 0.329 e. The number of carbonyl (C=O) groups is 3. The molecule has 3 rings (SSSR count). The van der Waals surface area contributed by atoms with Crippen LogP contribution < -0.4 is 4.90 Å². The molecule has 1 unspecified atom stereocenters. The lowest BCUT2D eigenvalue weighted by Gasteiger charge is -2.43. The second-order valence-corrected chi connectivity index (χ2v) is 9.90. The summed E-state index contributed by atoms with van der Waals surface area (Å²) in [6.45, 7) is 12.8. The third-order valence-electron chi connectivity index (χ3n) is 5.67. The molecule has 1 saturated heterocycles.